The molecule has 4 aromatic rings. The van der Waals surface area contributed by atoms with Crippen LogP contribution in [0.15, 0.2) is 96.8 Å². The summed E-state index contributed by atoms with van der Waals surface area (Å²) >= 11 is 0. The number of rotatable bonds is 9. The van der Waals surface area contributed by atoms with Gasteiger partial charge in [0.1, 0.15) is 0 Å². The Balaban J connectivity index is 0.00000306. The van der Waals surface area contributed by atoms with Crippen LogP contribution in [-0.4, -0.2) is 33.2 Å². The number of aliphatic imine (C=N–C) groups is 1. The number of hydrogen-bond acceptors (Lipinski definition) is 2. The standard InChI is InChI=1S/C26H30N6.HI/c1-2-28-26(29-14-18-31-15-5-6-16-31)30-19-24-7-3-4-8-25(24)23-11-9-22(10-12-23)20-32-17-13-27-21-32;/h3-13,15-17,21H,2,14,18-20H2,1H3,(H2,28,29,30);1H. The lowest BCUT2D eigenvalue weighted by atomic mass is 9.98. The summed E-state index contributed by atoms with van der Waals surface area (Å²) in [5, 5.41) is 6.77. The first-order valence-corrected chi connectivity index (χ1v) is 11.1. The van der Waals surface area contributed by atoms with Gasteiger partial charge in [-0.05, 0) is 41.3 Å². The SMILES string of the molecule is CCNC(=NCc1ccccc1-c1ccc(Cn2ccnc2)cc1)NCCn1cccc1.I. The van der Waals surface area contributed by atoms with Crippen LogP contribution < -0.4 is 10.6 Å². The van der Waals surface area contributed by atoms with Gasteiger partial charge in [0.2, 0.25) is 0 Å². The van der Waals surface area contributed by atoms with E-state index in [1.165, 1.54) is 22.3 Å². The van der Waals surface area contributed by atoms with Crippen molar-refractivity contribution in [1.82, 2.24) is 24.8 Å². The Hall–Kier alpha value is -3.07. The molecule has 0 amide bonds. The number of nitrogens with one attached hydrogen (secondary N) is 2. The molecular formula is C26H31IN6. The highest BCUT2D eigenvalue weighted by Crippen LogP contribution is 2.25. The van der Waals surface area contributed by atoms with Crippen molar-refractivity contribution in [2.45, 2.75) is 26.6 Å². The number of halogens is 1. The van der Waals surface area contributed by atoms with Gasteiger partial charge < -0.3 is 19.8 Å². The Morgan fingerprint density at radius 3 is 2.42 bits per heavy atom. The molecule has 0 saturated heterocycles. The number of guanidine groups is 1. The highest BCUT2D eigenvalue weighted by molar-refractivity contribution is 14.0. The lowest BCUT2D eigenvalue weighted by Crippen LogP contribution is -2.38. The second kappa shape index (κ2) is 12.8. The largest absolute Gasteiger partial charge is 0.357 e. The minimum atomic E-state index is 0. The van der Waals surface area contributed by atoms with E-state index in [9.17, 15) is 0 Å². The Bertz CT molecular complexity index is 1100. The summed E-state index contributed by atoms with van der Waals surface area (Å²) in [5.41, 5.74) is 4.88. The van der Waals surface area contributed by atoms with Crippen LogP contribution >= 0.6 is 24.0 Å². The molecule has 2 aromatic carbocycles. The van der Waals surface area contributed by atoms with Crippen LogP contribution in [0, 0.1) is 0 Å². The molecular weight excluding hydrogens is 523 g/mol. The molecule has 4 rings (SSSR count). The van der Waals surface area contributed by atoms with Gasteiger partial charge in [-0.2, -0.15) is 0 Å². The topological polar surface area (TPSA) is 59.2 Å². The van der Waals surface area contributed by atoms with E-state index in [2.05, 4.69) is 92.6 Å². The fourth-order valence-corrected chi connectivity index (χ4v) is 3.65. The third-order valence-electron chi connectivity index (χ3n) is 5.29. The van der Waals surface area contributed by atoms with Crippen LogP contribution in [0.4, 0.5) is 0 Å². The van der Waals surface area contributed by atoms with Gasteiger partial charge in [-0.3, -0.25) is 0 Å². The summed E-state index contributed by atoms with van der Waals surface area (Å²) < 4.78 is 4.23. The molecule has 0 unspecified atom stereocenters. The number of nitrogens with zero attached hydrogens (tertiary/aromatic N) is 4. The molecule has 0 fully saturated rings. The van der Waals surface area contributed by atoms with Crippen molar-refractivity contribution in [3.05, 3.63) is 103 Å². The van der Waals surface area contributed by atoms with E-state index in [4.69, 9.17) is 4.99 Å². The first-order chi connectivity index (χ1) is 15.8. The summed E-state index contributed by atoms with van der Waals surface area (Å²) in [6, 6.07) is 21.3. The van der Waals surface area contributed by atoms with E-state index in [-0.39, 0.29) is 24.0 Å². The normalized spacial score (nSPS) is 11.1. The molecule has 0 bridgehead atoms. The lowest BCUT2D eigenvalue weighted by Gasteiger charge is -2.13. The summed E-state index contributed by atoms with van der Waals surface area (Å²) in [7, 11) is 0. The number of benzene rings is 2. The minimum absolute atomic E-state index is 0. The van der Waals surface area contributed by atoms with Crippen molar-refractivity contribution in [2.75, 3.05) is 13.1 Å². The summed E-state index contributed by atoms with van der Waals surface area (Å²) in [6.45, 7) is 6.08. The summed E-state index contributed by atoms with van der Waals surface area (Å²) in [5.74, 6) is 0.838. The van der Waals surface area contributed by atoms with E-state index in [1.54, 1.807) is 0 Å². The zero-order valence-corrected chi connectivity index (χ0v) is 21.2. The van der Waals surface area contributed by atoms with Gasteiger partial charge in [0, 0.05) is 51.0 Å². The van der Waals surface area contributed by atoms with E-state index >= 15 is 0 Å². The number of imidazole rings is 1. The van der Waals surface area contributed by atoms with E-state index in [0.717, 1.165) is 32.1 Å². The predicted octanol–water partition coefficient (Wildman–Crippen LogP) is 4.77. The van der Waals surface area contributed by atoms with Crippen molar-refractivity contribution in [1.29, 1.82) is 0 Å². The quantitative estimate of drug-likeness (QED) is 0.178. The Labute approximate surface area is 212 Å². The maximum atomic E-state index is 4.83. The molecule has 0 radical (unpaired) electrons. The van der Waals surface area contributed by atoms with E-state index in [0.29, 0.717) is 6.54 Å². The van der Waals surface area contributed by atoms with Crippen molar-refractivity contribution in [3.63, 3.8) is 0 Å². The molecule has 0 atom stereocenters. The third-order valence-corrected chi connectivity index (χ3v) is 5.29. The van der Waals surface area contributed by atoms with Crippen LogP contribution in [0.3, 0.4) is 0 Å². The predicted molar refractivity (Wildman–Crippen MR) is 146 cm³/mol. The molecule has 0 aliphatic carbocycles. The highest BCUT2D eigenvalue weighted by atomic mass is 127. The van der Waals surface area contributed by atoms with E-state index in [1.807, 2.05) is 30.9 Å². The average Bonchev–Trinajstić information content (AvgIpc) is 3.53. The van der Waals surface area contributed by atoms with Gasteiger partial charge in [0.15, 0.2) is 5.96 Å². The molecule has 2 heterocycles. The second-order valence-corrected chi connectivity index (χ2v) is 7.63. The van der Waals surface area contributed by atoms with E-state index < -0.39 is 0 Å². The second-order valence-electron chi connectivity index (χ2n) is 7.63. The summed E-state index contributed by atoms with van der Waals surface area (Å²) in [6.07, 6.45) is 9.78. The van der Waals surface area contributed by atoms with Gasteiger partial charge in [-0.25, -0.2) is 9.98 Å². The van der Waals surface area contributed by atoms with Crippen molar-refractivity contribution < 1.29 is 0 Å². The molecule has 2 N–H and O–H groups in total. The van der Waals surface area contributed by atoms with Crippen LogP contribution in [-0.2, 0) is 19.6 Å². The molecule has 2 aromatic heterocycles. The highest BCUT2D eigenvalue weighted by Gasteiger charge is 2.06. The van der Waals surface area contributed by atoms with Gasteiger partial charge in [0.05, 0.1) is 12.9 Å². The lowest BCUT2D eigenvalue weighted by molar-refractivity contribution is 0.666. The Morgan fingerprint density at radius 2 is 1.70 bits per heavy atom. The van der Waals surface area contributed by atoms with Gasteiger partial charge in [0.25, 0.3) is 0 Å². The molecule has 0 saturated carbocycles. The van der Waals surface area contributed by atoms with Crippen molar-refractivity contribution in [3.8, 4) is 11.1 Å². The van der Waals surface area contributed by atoms with Crippen LogP contribution in [0.25, 0.3) is 11.1 Å². The van der Waals surface area contributed by atoms with Crippen LogP contribution in [0.1, 0.15) is 18.1 Å². The Kier molecular flexibility index (Phi) is 9.56. The van der Waals surface area contributed by atoms with Crippen molar-refractivity contribution in [2.24, 2.45) is 4.99 Å². The average molecular weight is 554 g/mol. The first-order valence-electron chi connectivity index (χ1n) is 11.1. The molecule has 33 heavy (non-hydrogen) atoms. The van der Waals surface area contributed by atoms with Gasteiger partial charge in [-0.15, -0.1) is 24.0 Å². The minimum Gasteiger partial charge on any atom is -0.357 e. The smallest absolute Gasteiger partial charge is 0.191 e. The molecule has 0 spiro atoms. The monoisotopic (exact) mass is 554 g/mol. The molecule has 0 aliphatic rings. The zero-order valence-electron chi connectivity index (χ0n) is 18.9. The van der Waals surface area contributed by atoms with Crippen LogP contribution in [0.2, 0.25) is 0 Å². The molecule has 0 aliphatic heterocycles. The zero-order chi connectivity index (χ0) is 22.0. The number of aromatic nitrogens is 3. The number of hydrogen-bond donors (Lipinski definition) is 2. The van der Waals surface area contributed by atoms with Crippen molar-refractivity contribution >= 4 is 29.9 Å². The van der Waals surface area contributed by atoms with Crippen LogP contribution in [0.5, 0.6) is 0 Å². The van der Waals surface area contributed by atoms with Gasteiger partial charge in [-0.1, -0.05) is 48.5 Å². The first kappa shape index (κ1) is 24.6. The fraction of sp³-hybridized carbons (Fsp3) is 0.231. The molecule has 6 nitrogen and oxygen atoms in total. The third kappa shape index (κ3) is 7.21. The summed E-state index contributed by atoms with van der Waals surface area (Å²) in [4.78, 5) is 8.94. The molecule has 7 heteroatoms. The van der Waals surface area contributed by atoms with Gasteiger partial charge >= 0.3 is 0 Å². The molecule has 172 valence electrons. The maximum absolute atomic E-state index is 4.83. The fourth-order valence-electron chi connectivity index (χ4n) is 3.65. The maximum Gasteiger partial charge on any atom is 0.191 e. The Morgan fingerprint density at radius 1 is 0.909 bits per heavy atom.